The first-order chi connectivity index (χ1) is 15.0. The molecule has 1 fully saturated rings. The second-order valence-corrected chi connectivity index (χ2v) is 9.36. The number of rotatable bonds is 9. The molecule has 1 aliphatic heterocycles. The van der Waals surface area contributed by atoms with Crippen molar-refractivity contribution < 1.29 is 14.7 Å². The molecule has 0 saturated carbocycles. The van der Waals surface area contributed by atoms with Crippen molar-refractivity contribution >= 4 is 23.6 Å². The molecule has 6 heteroatoms. The fourth-order valence-electron chi connectivity index (χ4n) is 3.85. The maximum atomic E-state index is 13.4. The van der Waals surface area contributed by atoms with Crippen molar-refractivity contribution in [2.24, 2.45) is 5.92 Å². The van der Waals surface area contributed by atoms with Crippen LogP contribution in [0.15, 0.2) is 60.7 Å². The highest BCUT2D eigenvalue weighted by Gasteiger charge is 2.39. The van der Waals surface area contributed by atoms with Crippen LogP contribution in [0.1, 0.15) is 43.9 Å². The van der Waals surface area contributed by atoms with Crippen molar-refractivity contribution in [2.75, 3.05) is 11.6 Å². The summed E-state index contributed by atoms with van der Waals surface area (Å²) in [6, 6.07) is 18.6. The van der Waals surface area contributed by atoms with Crippen LogP contribution in [0.25, 0.3) is 0 Å². The number of benzene rings is 2. The lowest BCUT2D eigenvalue weighted by Gasteiger charge is -2.32. The number of aliphatic hydroxyl groups excluding tert-OH is 1. The lowest BCUT2D eigenvalue weighted by molar-refractivity contribution is -0.139. The molecule has 3 rings (SSSR count). The molecule has 31 heavy (non-hydrogen) atoms. The summed E-state index contributed by atoms with van der Waals surface area (Å²) in [7, 11) is 0. The van der Waals surface area contributed by atoms with Gasteiger partial charge < -0.3 is 15.3 Å². The number of nitrogens with one attached hydrogen (secondary N) is 1. The molecule has 0 spiro atoms. The third kappa shape index (κ3) is 6.34. The molecule has 2 N–H and O–H groups in total. The van der Waals surface area contributed by atoms with Gasteiger partial charge in [0.1, 0.15) is 12.1 Å². The number of aryl methyl sites for hydroxylation is 1. The van der Waals surface area contributed by atoms with Crippen LogP contribution in [0, 0.1) is 5.92 Å². The van der Waals surface area contributed by atoms with E-state index in [9.17, 15) is 14.7 Å². The molecular weight excluding hydrogens is 408 g/mol. The Morgan fingerprint density at radius 2 is 1.74 bits per heavy atom. The van der Waals surface area contributed by atoms with Crippen LogP contribution in [-0.2, 0) is 16.0 Å². The van der Waals surface area contributed by atoms with Gasteiger partial charge in [0.2, 0.25) is 11.8 Å². The first kappa shape index (κ1) is 23.4. The Morgan fingerprint density at radius 1 is 1.10 bits per heavy atom. The topological polar surface area (TPSA) is 69.6 Å². The maximum absolute atomic E-state index is 13.4. The lowest BCUT2D eigenvalue weighted by atomic mass is 9.98. The third-order valence-corrected chi connectivity index (χ3v) is 6.71. The van der Waals surface area contributed by atoms with E-state index in [0.29, 0.717) is 18.1 Å². The zero-order valence-electron chi connectivity index (χ0n) is 18.2. The molecule has 166 valence electrons. The smallest absolute Gasteiger partial charge is 0.246 e. The van der Waals surface area contributed by atoms with Gasteiger partial charge in [-0.15, -0.1) is 11.8 Å². The van der Waals surface area contributed by atoms with Gasteiger partial charge in [-0.05, 0) is 29.9 Å². The Balaban J connectivity index is 1.59. The summed E-state index contributed by atoms with van der Waals surface area (Å²) < 4.78 is 0. The van der Waals surface area contributed by atoms with E-state index < -0.39 is 12.1 Å². The van der Waals surface area contributed by atoms with E-state index in [2.05, 4.69) is 17.4 Å². The fourth-order valence-corrected chi connectivity index (χ4v) is 5.08. The molecule has 0 radical (unpaired) electrons. The van der Waals surface area contributed by atoms with E-state index in [0.717, 1.165) is 18.4 Å². The van der Waals surface area contributed by atoms with Gasteiger partial charge in [-0.2, -0.15) is 0 Å². The summed E-state index contributed by atoms with van der Waals surface area (Å²) in [5.41, 5.74) is 2.01. The highest BCUT2D eigenvalue weighted by atomic mass is 32.2. The minimum atomic E-state index is -0.741. The van der Waals surface area contributed by atoms with Crippen molar-refractivity contribution in [2.45, 2.75) is 51.3 Å². The van der Waals surface area contributed by atoms with E-state index in [1.807, 2.05) is 62.4 Å². The average molecular weight is 441 g/mol. The second kappa shape index (κ2) is 11.3. The summed E-state index contributed by atoms with van der Waals surface area (Å²) in [6.07, 6.45) is 1.22. The Morgan fingerprint density at radius 3 is 2.39 bits per heavy atom. The Hall–Kier alpha value is -2.31. The molecule has 1 aliphatic rings. The number of thioether (sulfide) groups is 1. The average Bonchev–Trinajstić information content (AvgIpc) is 3.27. The molecule has 5 nitrogen and oxygen atoms in total. The molecule has 3 atom stereocenters. The number of hydrogen-bond acceptors (Lipinski definition) is 4. The number of carbonyl (C=O) groups is 2. The van der Waals surface area contributed by atoms with E-state index in [1.165, 1.54) is 5.56 Å². The van der Waals surface area contributed by atoms with Gasteiger partial charge in [-0.1, -0.05) is 74.5 Å². The molecule has 0 bridgehead atoms. The van der Waals surface area contributed by atoms with Crippen molar-refractivity contribution in [1.29, 1.82) is 0 Å². The first-order valence-corrected chi connectivity index (χ1v) is 12.1. The molecule has 1 unspecified atom stereocenters. The molecule has 2 amide bonds. The quantitative estimate of drug-likeness (QED) is 0.623. The van der Waals surface area contributed by atoms with E-state index in [-0.39, 0.29) is 23.8 Å². The summed E-state index contributed by atoms with van der Waals surface area (Å²) in [5.74, 6) is 0.954. The Kier molecular flexibility index (Phi) is 8.55. The Bertz CT molecular complexity index is 844. The molecule has 2 aromatic carbocycles. The van der Waals surface area contributed by atoms with E-state index >= 15 is 0 Å². The normalized spacial score (nSPS) is 18.1. The predicted molar refractivity (Wildman–Crippen MR) is 126 cm³/mol. The second-order valence-electron chi connectivity index (χ2n) is 8.36. The lowest BCUT2D eigenvalue weighted by Crippen LogP contribution is -2.53. The zero-order chi connectivity index (χ0) is 22.2. The minimum absolute atomic E-state index is 0.0364. The third-order valence-electron chi connectivity index (χ3n) is 5.67. The fraction of sp³-hybridized carbons (Fsp3) is 0.440. The summed E-state index contributed by atoms with van der Waals surface area (Å²) in [6.45, 7) is 3.89. The number of carbonyl (C=O) groups excluding carboxylic acids is 2. The molecule has 0 aromatic heterocycles. The van der Waals surface area contributed by atoms with Crippen molar-refractivity contribution in [1.82, 2.24) is 10.2 Å². The SMILES string of the molecule is CC(C)[C@H](NC(=O)CCCc1ccccc1)C(=O)N1CSC[C@H]1C(O)c1ccccc1. The number of aliphatic hydroxyl groups is 1. The van der Waals surface area contributed by atoms with Crippen LogP contribution in [-0.4, -0.2) is 45.5 Å². The van der Waals surface area contributed by atoms with Crippen LogP contribution >= 0.6 is 11.8 Å². The number of amides is 2. The van der Waals surface area contributed by atoms with Crippen LogP contribution in [0.2, 0.25) is 0 Å². The van der Waals surface area contributed by atoms with E-state index in [4.69, 9.17) is 0 Å². The monoisotopic (exact) mass is 440 g/mol. The molecule has 1 heterocycles. The van der Waals surface area contributed by atoms with Gasteiger partial charge in [-0.3, -0.25) is 9.59 Å². The highest BCUT2D eigenvalue weighted by molar-refractivity contribution is 7.99. The standard InChI is InChI=1S/C25H32N2O3S/c1-18(2)23(26-22(28)15-9-12-19-10-5-3-6-11-19)25(30)27-17-31-16-21(27)24(29)20-13-7-4-8-14-20/h3-8,10-11,13-14,18,21,23-24,29H,9,12,15-17H2,1-2H3,(H,26,28)/t21-,23-,24?/m0/s1. The maximum Gasteiger partial charge on any atom is 0.246 e. The number of nitrogens with zero attached hydrogens (tertiary/aromatic N) is 1. The van der Waals surface area contributed by atoms with Crippen molar-refractivity contribution in [3.8, 4) is 0 Å². The van der Waals surface area contributed by atoms with Crippen LogP contribution in [0.5, 0.6) is 0 Å². The largest absolute Gasteiger partial charge is 0.386 e. The Labute approximate surface area is 189 Å². The highest BCUT2D eigenvalue weighted by Crippen LogP contribution is 2.31. The first-order valence-electron chi connectivity index (χ1n) is 10.9. The van der Waals surface area contributed by atoms with E-state index in [1.54, 1.807) is 16.7 Å². The minimum Gasteiger partial charge on any atom is -0.386 e. The van der Waals surface area contributed by atoms with Crippen LogP contribution in [0.3, 0.4) is 0 Å². The molecule has 0 aliphatic carbocycles. The molecule has 1 saturated heterocycles. The van der Waals surface area contributed by atoms with Crippen molar-refractivity contribution in [3.05, 3.63) is 71.8 Å². The van der Waals surface area contributed by atoms with Gasteiger partial charge in [0.05, 0.1) is 11.9 Å². The predicted octanol–water partition coefficient (Wildman–Crippen LogP) is 3.79. The van der Waals surface area contributed by atoms with Crippen molar-refractivity contribution in [3.63, 3.8) is 0 Å². The van der Waals surface area contributed by atoms with Crippen LogP contribution in [0.4, 0.5) is 0 Å². The number of hydrogen-bond donors (Lipinski definition) is 2. The summed E-state index contributed by atoms with van der Waals surface area (Å²) in [4.78, 5) is 27.7. The summed E-state index contributed by atoms with van der Waals surface area (Å²) in [5, 5.41) is 13.8. The summed E-state index contributed by atoms with van der Waals surface area (Å²) >= 11 is 1.63. The zero-order valence-corrected chi connectivity index (χ0v) is 19.1. The van der Waals surface area contributed by atoms with Gasteiger partial charge in [0.15, 0.2) is 0 Å². The van der Waals surface area contributed by atoms with Crippen LogP contribution < -0.4 is 5.32 Å². The molecule has 2 aromatic rings. The van der Waals surface area contributed by atoms with Gasteiger partial charge in [0.25, 0.3) is 0 Å². The van der Waals surface area contributed by atoms with Gasteiger partial charge in [-0.25, -0.2) is 0 Å². The van der Waals surface area contributed by atoms with Gasteiger partial charge in [0, 0.05) is 12.2 Å². The molecular formula is C25H32N2O3S. The van der Waals surface area contributed by atoms with Gasteiger partial charge >= 0.3 is 0 Å².